The number of hydrogen-bond donors (Lipinski definition) is 0. The summed E-state index contributed by atoms with van der Waals surface area (Å²) in [4.78, 5) is 10.7. The highest BCUT2D eigenvalue weighted by Crippen LogP contribution is 1.99. The maximum absolute atomic E-state index is 10.7. The second-order valence-electron chi connectivity index (χ2n) is 2.67. The summed E-state index contributed by atoms with van der Waals surface area (Å²) in [5.74, 6) is -0.0593. The highest BCUT2D eigenvalue weighted by molar-refractivity contribution is 5.69. The summed E-state index contributed by atoms with van der Waals surface area (Å²) in [6, 6.07) is 0. The van der Waals surface area contributed by atoms with Crippen LogP contribution in [-0.2, 0) is 9.53 Å². The summed E-state index contributed by atoms with van der Waals surface area (Å²) in [6.45, 7) is 9.70. The average Bonchev–Trinajstić information content (AvgIpc) is 2.07. The highest BCUT2D eigenvalue weighted by atomic mass is 16.5. The molecule has 0 heterocycles. The lowest BCUT2D eigenvalue weighted by Gasteiger charge is -1.99. The van der Waals surface area contributed by atoms with Gasteiger partial charge in [0.1, 0.15) is 0 Å². The fourth-order valence-corrected chi connectivity index (χ4v) is 0.752. The van der Waals surface area contributed by atoms with E-state index in [2.05, 4.69) is 13.5 Å². The van der Waals surface area contributed by atoms with Crippen molar-refractivity contribution >= 4 is 5.97 Å². The van der Waals surface area contributed by atoms with Gasteiger partial charge in [0.2, 0.25) is 0 Å². The van der Waals surface area contributed by atoms with Crippen LogP contribution < -0.4 is 0 Å². The number of ether oxygens (including phenoxy) is 1. The largest absolute Gasteiger partial charge is 0.466 e. The van der Waals surface area contributed by atoms with E-state index in [4.69, 9.17) is 4.74 Å². The van der Waals surface area contributed by atoms with Gasteiger partial charge in [-0.2, -0.15) is 0 Å². The van der Waals surface area contributed by atoms with Gasteiger partial charge in [-0.25, -0.2) is 0 Å². The molecule has 0 N–H and O–H groups in total. The molecule has 0 saturated carbocycles. The maximum Gasteiger partial charge on any atom is 0.305 e. The highest BCUT2D eigenvalue weighted by Gasteiger charge is 1.98. The first-order chi connectivity index (χ1) is 6.22. The lowest BCUT2D eigenvalue weighted by atomic mass is 10.2. The van der Waals surface area contributed by atoms with E-state index in [0.717, 1.165) is 19.3 Å². The van der Waals surface area contributed by atoms with Crippen LogP contribution in [0.4, 0.5) is 0 Å². The van der Waals surface area contributed by atoms with E-state index in [-0.39, 0.29) is 5.97 Å². The summed E-state index contributed by atoms with van der Waals surface area (Å²) in [5, 5.41) is 0. The Bertz CT molecular complexity index is 119. The van der Waals surface area contributed by atoms with Crippen LogP contribution in [0.25, 0.3) is 0 Å². The second kappa shape index (κ2) is 13.8. The summed E-state index contributed by atoms with van der Waals surface area (Å²) in [5.41, 5.74) is 0. The van der Waals surface area contributed by atoms with Crippen LogP contribution in [0, 0.1) is 0 Å². The summed E-state index contributed by atoms with van der Waals surface area (Å²) in [7, 11) is 0. The molecule has 0 bridgehead atoms. The van der Waals surface area contributed by atoms with Crippen LogP contribution in [0.15, 0.2) is 12.7 Å². The van der Waals surface area contributed by atoms with Crippen molar-refractivity contribution < 1.29 is 9.53 Å². The van der Waals surface area contributed by atoms with E-state index in [9.17, 15) is 4.79 Å². The fraction of sp³-hybridized carbons (Fsp3) is 0.727. The van der Waals surface area contributed by atoms with E-state index in [1.807, 2.05) is 13.8 Å². The zero-order chi connectivity index (χ0) is 10.5. The van der Waals surface area contributed by atoms with E-state index in [1.165, 1.54) is 0 Å². The summed E-state index contributed by atoms with van der Waals surface area (Å²) < 4.78 is 4.75. The fourth-order valence-electron chi connectivity index (χ4n) is 0.752. The first kappa shape index (κ1) is 14.7. The minimum Gasteiger partial charge on any atom is -0.466 e. The Labute approximate surface area is 82.0 Å². The number of unbranched alkanes of at least 4 members (excludes halogenated alkanes) is 2. The Morgan fingerprint density at radius 1 is 1.38 bits per heavy atom. The lowest BCUT2D eigenvalue weighted by molar-refractivity contribution is -0.143. The molecule has 0 aromatic heterocycles. The second-order valence-corrected chi connectivity index (χ2v) is 2.67. The predicted molar refractivity (Wildman–Crippen MR) is 56.6 cm³/mol. The molecule has 0 fully saturated rings. The Morgan fingerprint density at radius 3 is 2.31 bits per heavy atom. The van der Waals surface area contributed by atoms with E-state index < -0.39 is 0 Å². The third kappa shape index (κ3) is 18.3. The molecule has 0 saturated heterocycles. The molecule has 0 aromatic rings. The van der Waals surface area contributed by atoms with Crippen LogP contribution in [0.2, 0.25) is 0 Å². The quantitative estimate of drug-likeness (QED) is 0.374. The number of hydrogen-bond acceptors (Lipinski definition) is 2. The molecule has 0 rings (SSSR count). The number of esters is 1. The number of carbonyl (C=O) groups excluding carboxylic acids is 1. The SMILES string of the molecule is C=CC.CCCCCC(=O)OCC. The number of rotatable bonds is 5. The maximum atomic E-state index is 10.7. The van der Waals surface area contributed by atoms with Crippen molar-refractivity contribution in [2.24, 2.45) is 0 Å². The first-order valence-electron chi connectivity index (χ1n) is 4.95. The molecule has 0 spiro atoms. The van der Waals surface area contributed by atoms with Crippen LogP contribution >= 0.6 is 0 Å². The van der Waals surface area contributed by atoms with Gasteiger partial charge in [0, 0.05) is 6.42 Å². The molecule has 0 amide bonds. The van der Waals surface area contributed by atoms with Crippen molar-refractivity contribution in [1.29, 1.82) is 0 Å². The van der Waals surface area contributed by atoms with Crippen molar-refractivity contribution in [3.8, 4) is 0 Å². The minimum atomic E-state index is -0.0593. The van der Waals surface area contributed by atoms with Gasteiger partial charge < -0.3 is 4.74 Å². The normalized spacial score (nSPS) is 8.23. The van der Waals surface area contributed by atoms with E-state index in [0.29, 0.717) is 13.0 Å². The predicted octanol–water partition coefficient (Wildman–Crippen LogP) is 3.32. The molecule has 0 radical (unpaired) electrons. The molecule has 13 heavy (non-hydrogen) atoms. The lowest BCUT2D eigenvalue weighted by Crippen LogP contribution is -2.02. The molecule has 0 atom stereocenters. The van der Waals surface area contributed by atoms with Gasteiger partial charge in [-0.15, -0.1) is 6.58 Å². The Hall–Kier alpha value is -0.790. The van der Waals surface area contributed by atoms with Crippen molar-refractivity contribution in [2.75, 3.05) is 6.61 Å². The zero-order valence-electron chi connectivity index (χ0n) is 9.14. The van der Waals surface area contributed by atoms with Crippen LogP contribution in [0.1, 0.15) is 46.5 Å². The first-order valence-corrected chi connectivity index (χ1v) is 4.95. The van der Waals surface area contributed by atoms with Gasteiger partial charge >= 0.3 is 5.97 Å². The van der Waals surface area contributed by atoms with Crippen molar-refractivity contribution in [1.82, 2.24) is 0 Å². The Morgan fingerprint density at radius 2 is 1.92 bits per heavy atom. The molecule has 0 unspecified atom stereocenters. The third-order valence-electron chi connectivity index (χ3n) is 1.29. The molecular formula is C11H22O2. The molecule has 78 valence electrons. The van der Waals surface area contributed by atoms with Gasteiger partial charge in [-0.1, -0.05) is 25.8 Å². The van der Waals surface area contributed by atoms with Gasteiger partial charge in [0.15, 0.2) is 0 Å². The van der Waals surface area contributed by atoms with E-state index >= 15 is 0 Å². The zero-order valence-corrected chi connectivity index (χ0v) is 9.14. The average molecular weight is 186 g/mol. The van der Waals surface area contributed by atoms with E-state index in [1.54, 1.807) is 6.08 Å². The van der Waals surface area contributed by atoms with Gasteiger partial charge in [0.25, 0.3) is 0 Å². The van der Waals surface area contributed by atoms with Crippen LogP contribution in [0.5, 0.6) is 0 Å². The molecule has 0 aliphatic rings. The topological polar surface area (TPSA) is 26.3 Å². The molecule has 0 aromatic carbocycles. The third-order valence-corrected chi connectivity index (χ3v) is 1.29. The molecule has 0 aliphatic carbocycles. The molecular weight excluding hydrogens is 164 g/mol. The molecule has 2 heteroatoms. The minimum absolute atomic E-state index is 0.0593. The monoisotopic (exact) mass is 186 g/mol. The number of carbonyl (C=O) groups is 1. The van der Waals surface area contributed by atoms with Crippen molar-refractivity contribution in [3.05, 3.63) is 12.7 Å². The smallest absolute Gasteiger partial charge is 0.305 e. The number of allylic oxidation sites excluding steroid dienone is 1. The van der Waals surface area contributed by atoms with Gasteiger partial charge in [0.05, 0.1) is 6.61 Å². The van der Waals surface area contributed by atoms with Crippen LogP contribution in [-0.4, -0.2) is 12.6 Å². The Kier molecular flexibility index (Phi) is 15.6. The summed E-state index contributed by atoms with van der Waals surface area (Å²) >= 11 is 0. The molecule has 0 aliphatic heterocycles. The van der Waals surface area contributed by atoms with Crippen molar-refractivity contribution in [3.63, 3.8) is 0 Å². The summed E-state index contributed by atoms with van der Waals surface area (Å²) in [6.07, 6.45) is 5.58. The standard InChI is InChI=1S/C8H16O2.C3H6/c1-3-5-6-7-8(9)10-4-2;1-3-2/h3-7H2,1-2H3;3H,1H2,2H3. The van der Waals surface area contributed by atoms with Crippen LogP contribution in [0.3, 0.4) is 0 Å². The Balaban J connectivity index is 0. The van der Waals surface area contributed by atoms with Gasteiger partial charge in [-0.3, -0.25) is 4.79 Å². The molecule has 2 nitrogen and oxygen atoms in total. The van der Waals surface area contributed by atoms with Crippen molar-refractivity contribution in [2.45, 2.75) is 46.5 Å². The van der Waals surface area contributed by atoms with Gasteiger partial charge in [-0.05, 0) is 20.3 Å².